The Balaban J connectivity index is 1.62. The van der Waals surface area contributed by atoms with E-state index in [4.69, 9.17) is 0 Å². The van der Waals surface area contributed by atoms with E-state index in [9.17, 15) is 14.9 Å². The van der Waals surface area contributed by atoms with Gasteiger partial charge in [-0.1, -0.05) is 24.3 Å². The van der Waals surface area contributed by atoms with Crippen molar-refractivity contribution in [2.24, 2.45) is 7.05 Å². The molecule has 2 atom stereocenters. The number of anilines is 1. The fourth-order valence-electron chi connectivity index (χ4n) is 4.97. The molecule has 7 nitrogen and oxygen atoms in total. The topological polar surface area (TPSA) is 81.4 Å². The first-order valence-electron chi connectivity index (χ1n) is 9.84. The van der Waals surface area contributed by atoms with Crippen molar-refractivity contribution < 1.29 is 9.59 Å². The molecule has 3 amide bonds. The van der Waals surface area contributed by atoms with Crippen LogP contribution in [-0.4, -0.2) is 47.1 Å². The molecule has 0 radical (unpaired) electrons. The zero-order valence-corrected chi connectivity index (χ0v) is 16.8. The summed E-state index contributed by atoms with van der Waals surface area (Å²) in [5.74, 6) is -0.459. The van der Waals surface area contributed by atoms with Gasteiger partial charge < -0.3 is 14.8 Å². The molecule has 0 aliphatic carbocycles. The van der Waals surface area contributed by atoms with Crippen LogP contribution >= 0.6 is 0 Å². The van der Waals surface area contributed by atoms with Gasteiger partial charge in [0.1, 0.15) is 5.54 Å². The lowest BCUT2D eigenvalue weighted by molar-refractivity contribution is -0.122. The average molecular weight is 399 g/mol. The van der Waals surface area contributed by atoms with Crippen molar-refractivity contribution in [2.75, 3.05) is 25.0 Å². The fraction of sp³-hybridized carbons (Fsp3) is 0.261. The molecule has 5 rings (SSSR count). The molecule has 0 saturated carbocycles. The number of fused-ring (bicyclic) bond motifs is 1. The number of hydrogen-bond acceptors (Lipinski definition) is 4. The quantitative estimate of drug-likeness (QED) is 0.672. The molecule has 0 unspecified atom stereocenters. The predicted octanol–water partition coefficient (Wildman–Crippen LogP) is 2.57. The molecular formula is C23H21N5O2. The van der Waals surface area contributed by atoms with Crippen LogP contribution < -0.4 is 10.2 Å². The van der Waals surface area contributed by atoms with Crippen LogP contribution in [0.4, 0.5) is 10.5 Å². The Morgan fingerprint density at radius 3 is 2.73 bits per heavy atom. The minimum Gasteiger partial charge on any atom is -0.350 e. The number of para-hydroxylation sites is 1. The number of benzene rings is 2. The van der Waals surface area contributed by atoms with Crippen molar-refractivity contribution >= 4 is 28.5 Å². The van der Waals surface area contributed by atoms with Crippen molar-refractivity contribution in [1.29, 1.82) is 5.26 Å². The van der Waals surface area contributed by atoms with E-state index in [1.165, 1.54) is 4.90 Å². The Hall–Kier alpha value is -3.63. The largest absolute Gasteiger partial charge is 0.350 e. The van der Waals surface area contributed by atoms with Gasteiger partial charge in [0.05, 0.1) is 17.3 Å². The highest BCUT2D eigenvalue weighted by Crippen LogP contribution is 2.43. The number of aryl methyl sites for hydroxylation is 1. The Bertz CT molecular complexity index is 1240. The Labute approximate surface area is 174 Å². The zero-order valence-electron chi connectivity index (χ0n) is 16.8. The van der Waals surface area contributed by atoms with E-state index < -0.39 is 11.6 Å². The second-order valence-corrected chi connectivity index (χ2v) is 8.17. The van der Waals surface area contributed by atoms with Crippen LogP contribution in [0.15, 0.2) is 54.7 Å². The van der Waals surface area contributed by atoms with E-state index >= 15 is 0 Å². The zero-order chi connectivity index (χ0) is 21.0. The van der Waals surface area contributed by atoms with Crippen molar-refractivity contribution in [2.45, 2.75) is 11.5 Å². The number of carbonyl (C=O) groups is 2. The van der Waals surface area contributed by atoms with Gasteiger partial charge in [0.25, 0.3) is 5.91 Å². The highest BCUT2D eigenvalue weighted by molar-refractivity contribution is 6.24. The van der Waals surface area contributed by atoms with Crippen LogP contribution in [-0.2, 0) is 11.8 Å². The van der Waals surface area contributed by atoms with Crippen LogP contribution in [0.3, 0.4) is 0 Å². The van der Waals surface area contributed by atoms with E-state index in [1.54, 1.807) is 24.3 Å². The van der Waals surface area contributed by atoms with Gasteiger partial charge in [0, 0.05) is 43.2 Å². The number of hydrogen-bond donors (Lipinski definition) is 1. The maximum Gasteiger partial charge on any atom is 0.329 e. The number of aromatic nitrogens is 1. The summed E-state index contributed by atoms with van der Waals surface area (Å²) < 4.78 is 2.06. The van der Waals surface area contributed by atoms with E-state index in [2.05, 4.69) is 39.2 Å². The number of imide groups is 1. The average Bonchev–Trinajstić information content (AvgIpc) is 3.33. The van der Waals surface area contributed by atoms with Crippen LogP contribution in [0.25, 0.3) is 10.9 Å². The number of nitrogens with zero attached hydrogens (tertiary/aromatic N) is 4. The highest BCUT2D eigenvalue weighted by Gasteiger charge is 2.60. The third-order valence-corrected chi connectivity index (χ3v) is 6.26. The van der Waals surface area contributed by atoms with E-state index in [0.29, 0.717) is 24.3 Å². The molecule has 2 aliphatic heterocycles. The van der Waals surface area contributed by atoms with Crippen LogP contribution in [0, 0.1) is 11.3 Å². The third kappa shape index (κ3) is 2.47. The molecule has 3 heterocycles. The third-order valence-electron chi connectivity index (χ3n) is 6.26. The molecule has 30 heavy (non-hydrogen) atoms. The van der Waals surface area contributed by atoms with E-state index in [1.807, 2.05) is 26.2 Å². The number of nitriles is 1. The molecule has 2 fully saturated rings. The number of likely N-dealkylation sites (tertiary alicyclic amines) is 1. The summed E-state index contributed by atoms with van der Waals surface area (Å²) in [5.41, 5.74) is 1.92. The smallest absolute Gasteiger partial charge is 0.329 e. The molecular weight excluding hydrogens is 378 g/mol. The molecule has 0 bridgehead atoms. The Morgan fingerprint density at radius 1 is 1.13 bits per heavy atom. The maximum atomic E-state index is 13.7. The molecule has 1 aromatic heterocycles. The number of urea groups is 1. The lowest BCUT2D eigenvalue weighted by Gasteiger charge is -2.27. The van der Waals surface area contributed by atoms with Crippen LogP contribution in [0.5, 0.6) is 0 Å². The van der Waals surface area contributed by atoms with Gasteiger partial charge in [-0.2, -0.15) is 5.26 Å². The van der Waals surface area contributed by atoms with Crippen molar-refractivity contribution in [1.82, 2.24) is 14.8 Å². The normalized spacial score (nSPS) is 24.0. The number of carbonyl (C=O) groups excluding carboxylic acids is 2. The van der Waals surface area contributed by atoms with Crippen LogP contribution in [0.1, 0.15) is 17.0 Å². The van der Waals surface area contributed by atoms with Crippen molar-refractivity contribution in [3.8, 4) is 6.07 Å². The summed E-state index contributed by atoms with van der Waals surface area (Å²) in [4.78, 5) is 30.0. The summed E-state index contributed by atoms with van der Waals surface area (Å²) in [6.45, 7) is 1.09. The van der Waals surface area contributed by atoms with E-state index in [-0.39, 0.29) is 11.8 Å². The number of nitrogens with one attached hydrogen (secondary N) is 1. The standard InChI is InChI=1S/C23H21N5O2/c1-26-13-19(18-12-27(2)20-9-4-3-8-17(18)20)23(14-26)21(29)28(22(30)25-23)16-7-5-6-15(10-16)11-24/h3-10,12,19H,13-14H2,1-2H3,(H,25,30)/t19-,23-/m0/s1. The first-order chi connectivity index (χ1) is 14.4. The summed E-state index contributed by atoms with van der Waals surface area (Å²) in [7, 11) is 3.96. The van der Waals surface area contributed by atoms with Gasteiger partial charge in [0.15, 0.2) is 0 Å². The molecule has 1 spiro atoms. The van der Waals surface area contributed by atoms with Crippen LogP contribution in [0.2, 0.25) is 0 Å². The molecule has 2 saturated heterocycles. The Kier molecular flexibility index (Phi) is 3.95. The molecule has 7 heteroatoms. The highest BCUT2D eigenvalue weighted by atomic mass is 16.2. The summed E-state index contributed by atoms with van der Waals surface area (Å²) >= 11 is 0. The maximum absolute atomic E-state index is 13.7. The fourth-order valence-corrected chi connectivity index (χ4v) is 4.97. The van der Waals surface area contributed by atoms with E-state index in [0.717, 1.165) is 16.5 Å². The van der Waals surface area contributed by atoms with Crippen molar-refractivity contribution in [3.63, 3.8) is 0 Å². The summed E-state index contributed by atoms with van der Waals surface area (Å²) in [6, 6.07) is 16.3. The second-order valence-electron chi connectivity index (χ2n) is 8.17. The first kappa shape index (κ1) is 18.4. The van der Waals surface area contributed by atoms with Gasteiger partial charge in [-0.25, -0.2) is 9.69 Å². The SMILES string of the molecule is CN1C[C@@H](c2cn(C)c3ccccc23)[C@]2(C1)NC(=O)N(c1cccc(C#N)c1)C2=O. The van der Waals surface area contributed by atoms with Gasteiger partial charge in [-0.3, -0.25) is 4.79 Å². The lowest BCUT2D eigenvalue weighted by atomic mass is 9.81. The van der Waals surface area contributed by atoms with Crippen molar-refractivity contribution in [3.05, 3.63) is 65.9 Å². The second kappa shape index (κ2) is 6.44. The molecule has 2 aromatic carbocycles. The van der Waals surface area contributed by atoms with Gasteiger partial charge >= 0.3 is 6.03 Å². The number of amides is 3. The minimum absolute atomic E-state index is 0.186. The van der Waals surface area contributed by atoms with Gasteiger partial charge in [-0.15, -0.1) is 0 Å². The first-order valence-corrected chi connectivity index (χ1v) is 9.84. The Morgan fingerprint density at radius 2 is 1.93 bits per heavy atom. The summed E-state index contributed by atoms with van der Waals surface area (Å²) in [6.07, 6.45) is 2.06. The van der Waals surface area contributed by atoms with Gasteiger partial charge in [0.2, 0.25) is 0 Å². The number of likely N-dealkylation sites (N-methyl/N-ethyl adjacent to an activating group) is 1. The minimum atomic E-state index is -1.04. The molecule has 150 valence electrons. The summed E-state index contributed by atoms with van der Waals surface area (Å²) in [5, 5.41) is 13.3. The number of rotatable bonds is 2. The monoisotopic (exact) mass is 399 g/mol. The van der Waals surface area contributed by atoms with Gasteiger partial charge in [-0.05, 0) is 36.9 Å². The predicted molar refractivity (Wildman–Crippen MR) is 113 cm³/mol. The molecule has 1 N–H and O–H groups in total. The lowest BCUT2D eigenvalue weighted by Crippen LogP contribution is -2.52. The molecule has 2 aliphatic rings. The molecule has 3 aromatic rings.